The first-order chi connectivity index (χ1) is 10.1. The van der Waals surface area contributed by atoms with Crippen LogP contribution in [0.4, 0.5) is 0 Å². The van der Waals surface area contributed by atoms with Gasteiger partial charge in [-0.2, -0.15) is 0 Å². The minimum atomic E-state index is -0.00483. The molecule has 118 valence electrons. The van der Waals surface area contributed by atoms with Crippen molar-refractivity contribution in [3.05, 3.63) is 35.4 Å². The molecule has 0 unspecified atom stereocenters. The van der Waals surface area contributed by atoms with Gasteiger partial charge in [-0.3, -0.25) is 9.69 Å². The monoisotopic (exact) mass is 291 g/mol. The average molecular weight is 291 g/mol. The van der Waals surface area contributed by atoms with Crippen molar-refractivity contribution < 1.29 is 4.79 Å². The molecule has 1 rings (SSSR count). The molecule has 0 saturated carbocycles. The summed E-state index contributed by atoms with van der Waals surface area (Å²) in [7, 11) is 0. The molecule has 0 heterocycles. The van der Waals surface area contributed by atoms with E-state index in [-0.39, 0.29) is 5.91 Å². The fourth-order valence-corrected chi connectivity index (χ4v) is 2.23. The Labute approximate surface area is 128 Å². The Hall–Kier alpha value is -1.39. The molecule has 3 N–H and O–H groups in total. The molecule has 0 aliphatic rings. The fourth-order valence-electron chi connectivity index (χ4n) is 2.23. The molecule has 1 aromatic carbocycles. The van der Waals surface area contributed by atoms with Gasteiger partial charge >= 0.3 is 0 Å². The Kier molecular flexibility index (Phi) is 8.01. The summed E-state index contributed by atoms with van der Waals surface area (Å²) in [6, 6.07) is 8.42. The van der Waals surface area contributed by atoms with Crippen molar-refractivity contribution in [2.75, 3.05) is 19.6 Å². The van der Waals surface area contributed by atoms with Crippen LogP contribution in [0.15, 0.2) is 24.3 Å². The molecule has 0 bridgehead atoms. The van der Waals surface area contributed by atoms with Crippen molar-refractivity contribution in [3.8, 4) is 0 Å². The molecule has 0 aliphatic carbocycles. The molecule has 0 radical (unpaired) electrons. The third-order valence-electron chi connectivity index (χ3n) is 3.65. The molecule has 0 atom stereocenters. The largest absolute Gasteiger partial charge is 0.352 e. The van der Waals surface area contributed by atoms with E-state index in [1.165, 1.54) is 5.56 Å². The van der Waals surface area contributed by atoms with Gasteiger partial charge in [0.15, 0.2) is 0 Å². The lowest BCUT2D eigenvalue weighted by molar-refractivity contribution is 0.0953. The van der Waals surface area contributed by atoms with E-state index in [0.717, 1.165) is 31.5 Å². The van der Waals surface area contributed by atoms with Gasteiger partial charge < -0.3 is 11.1 Å². The van der Waals surface area contributed by atoms with Crippen LogP contribution < -0.4 is 11.1 Å². The molecular weight excluding hydrogens is 262 g/mol. The van der Waals surface area contributed by atoms with Crippen LogP contribution in [0.5, 0.6) is 0 Å². The first kappa shape index (κ1) is 17.7. The quantitative estimate of drug-likeness (QED) is 0.687. The van der Waals surface area contributed by atoms with Crippen LogP contribution in [0.2, 0.25) is 0 Å². The van der Waals surface area contributed by atoms with E-state index in [9.17, 15) is 4.79 Å². The van der Waals surface area contributed by atoms with Crippen LogP contribution in [0.3, 0.4) is 0 Å². The number of carbonyl (C=O) groups is 1. The third-order valence-corrected chi connectivity index (χ3v) is 3.65. The minimum absolute atomic E-state index is 0.00483. The van der Waals surface area contributed by atoms with Crippen molar-refractivity contribution >= 4 is 5.91 Å². The van der Waals surface area contributed by atoms with Crippen LogP contribution in [-0.2, 0) is 6.54 Å². The summed E-state index contributed by atoms with van der Waals surface area (Å²) < 4.78 is 0. The number of amides is 1. The first-order valence-corrected chi connectivity index (χ1v) is 7.89. The molecule has 0 fully saturated rings. The van der Waals surface area contributed by atoms with Crippen molar-refractivity contribution in [1.82, 2.24) is 10.2 Å². The van der Waals surface area contributed by atoms with Crippen molar-refractivity contribution in [2.24, 2.45) is 5.73 Å². The Bertz CT molecular complexity index is 415. The second kappa shape index (κ2) is 9.53. The smallest absolute Gasteiger partial charge is 0.251 e. The van der Waals surface area contributed by atoms with Gasteiger partial charge in [-0.25, -0.2) is 0 Å². The average Bonchev–Trinajstić information content (AvgIpc) is 2.49. The zero-order chi connectivity index (χ0) is 15.7. The highest BCUT2D eigenvalue weighted by molar-refractivity contribution is 5.94. The molecular formula is C17H29N3O. The highest BCUT2D eigenvalue weighted by Crippen LogP contribution is 2.10. The van der Waals surface area contributed by atoms with Gasteiger partial charge in [-0.1, -0.05) is 19.1 Å². The zero-order valence-electron chi connectivity index (χ0n) is 13.6. The molecule has 1 amide bonds. The van der Waals surface area contributed by atoms with E-state index < -0.39 is 0 Å². The lowest BCUT2D eigenvalue weighted by atomic mass is 10.1. The van der Waals surface area contributed by atoms with E-state index in [2.05, 4.69) is 31.0 Å². The lowest BCUT2D eigenvalue weighted by Gasteiger charge is -2.24. The van der Waals surface area contributed by atoms with Crippen molar-refractivity contribution in [3.63, 3.8) is 0 Å². The van der Waals surface area contributed by atoms with Crippen LogP contribution in [-0.4, -0.2) is 36.5 Å². The van der Waals surface area contributed by atoms with Gasteiger partial charge in [0.2, 0.25) is 0 Å². The Morgan fingerprint density at radius 3 is 2.43 bits per heavy atom. The van der Waals surface area contributed by atoms with E-state index >= 15 is 0 Å². The van der Waals surface area contributed by atoms with Gasteiger partial charge in [-0.15, -0.1) is 0 Å². The van der Waals surface area contributed by atoms with Gasteiger partial charge in [0.05, 0.1) is 0 Å². The molecule has 0 saturated heterocycles. The normalized spacial score (nSPS) is 11.1. The topological polar surface area (TPSA) is 58.4 Å². The van der Waals surface area contributed by atoms with Gasteiger partial charge in [-0.05, 0) is 57.5 Å². The molecule has 4 nitrogen and oxygen atoms in total. The van der Waals surface area contributed by atoms with Gasteiger partial charge in [0, 0.05) is 24.7 Å². The predicted molar refractivity (Wildman–Crippen MR) is 88.3 cm³/mol. The maximum absolute atomic E-state index is 12.0. The van der Waals surface area contributed by atoms with Crippen LogP contribution in [0.25, 0.3) is 0 Å². The lowest BCUT2D eigenvalue weighted by Crippen LogP contribution is -2.30. The summed E-state index contributed by atoms with van der Waals surface area (Å²) in [6.07, 6.45) is 1.88. The molecule has 0 aliphatic heterocycles. The summed E-state index contributed by atoms with van der Waals surface area (Å²) in [5.74, 6) is -0.00483. The number of benzene rings is 1. The number of hydrogen-bond donors (Lipinski definition) is 2. The second-order valence-corrected chi connectivity index (χ2v) is 5.61. The molecule has 21 heavy (non-hydrogen) atoms. The summed E-state index contributed by atoms with van der Waals surface area (Å²) in [5.41, 5.74) is 7.39. The molecule has 0 spiro atoms. The standard InChI is InChI=1S/C17H29N3O/c1-4-20(14(2)3)13-15-7-9-16(10-8-15)17(21)19-12-6-5-11-18/h7-10,14H,4-6,11-13,18H2,1-3H3,(H,19,21). The van der Waals surface area contributed by atoms with Crippen LogP contribution in [0, 0.1) is 0 Å². The maximum atomic E-state index is 12.0. The Morgan fingerprint density at radius 1 is 1.24 bits per heavy atom. The number of hydrogen-bond acceptors (Lipinski definition) is 3. The van der Waals surface area contributed by atoms with Gasteiger partial charge in [0.25, 0.3) is 5.91 Å². The van der Waals surface area contributed by atoms with Crippen molar-refractivity contribution in [1.29, 1.82) is 0 Å². The summed E-state index contributed by atoms with van der Waals surface area (Å²) in [6.45, 7) is 9.89. The highest BCUT2D eigenvalue weighted by atomic mass is 16.1. The van der Waals surface area contributed by atoms with E-state index in [0.29, 0.717) is 19.1 Å². The molecule has 0 aromatic heterocycles. The SMILES string of the molecule is CCN(Cc1ccc(C(=O)NCCCCN)cc1)C(C)C. The molecule has 1 aromatic rings. The third kappa shape index (κ3) is 6.27. The first-order valence-electron chi connectivity index (χ1n) is 7.89. The number of nitrogens with one attached hydrogen (secondary N) is 1. The van der Waals surface area contributed by atoms with E-state index in [4.69, 9.17) is 5.73 Å². The predicted octanol–water partition coefficient (Wildman–Crippen LogP) is 2.39. The number of nitrogens with two attached hydrogens (primary N) is 1. The summed E-state index contributed by atoms with van der Waals surface area (Å²) >= 11 is 0. The van der Waals surface area contributed by atoms with Crippen molar-refractivity contribution in [2.45, 2.75) is 46.2 Å². The summed E-state index contributed by atoms with van der Waals surface area (Å²) in [5, 5.41) is 2.92. The van der Waals surface area contributed by atoms with Crippen LogP contribution in [0.1, 0.15) is 49.5 Å². The second-order valence-electron chi connectivity index (χ2n) is 5.61. The molecule has 4 heteroatoms. The number of rotatable bonds is 9. The number of carbonyl (C=O) groups excluding carboxylic acids is 1. The minimum Gasteiger partial charge on any atom is -0.352 e. The summed E-state index contributed by atoms with van der Waals surface area (Å²) in [4.78, 5) is 14.3. The maximum Gasteiger partial charge on any atom is 0.251 e. The highest BCUT2D eigenvalue weighted by Gasteiger charge is 2.09. The zero-order valence-corrected chi connectivity index (χ0v) is 13.6. The van der Waals surface area contributed by atoms with Crippen LogP contribution >= 0.6 is 0 Å². The fraction of sp³-hybridized carbons (Fsp3) is 0.588. The Morgan fingerprint density at radius 2 is 1.90 bits per heavy atom. The Balaban J connectivity index is 2.51. The number of nitrogens with zero attached hydrogens (tertiary/aromatic N) is 1. The van der Waals surface area contributed by atoms with E-state index in [1.807, 2.05) is 24.3 Å². The van der Waals surface area contributed by atoms with Gasteiger partial charge in [0.1, 0.15) is 0 Å². The number of unbranched alkanes of at least 4 members (excludes halogenated alkanes) is 1. The van der Waals surface area contributed by atoms with E-state index in [1.54, 1.807) is 0 Å².